The van der Waals surface area contributed by atoms with Gasteiger partial charge in [-0.2, -0.15) is 0 Å². The highest BCUT2D eigenvalue weighted by Gasteiger charge is 2.21. The molecule has 0 radical (unpaired) electrons. The summed E-state index contributed by atoms with van der Waals surface area (Å²) in [5.74, 6) is 0.484. The van der Waals surface area contributed by atoms with E-state index in [0.29, 0.717) is 11.2 Å². The highest BCUT2D eigenvalue weighted by molar-refractivity contribution is 9.13. The van der Waals surface area contributed by atoms with Crippen molar-refractivity contribution >= 4 is 37.5 Å². The van der Waals surface area contributed by atoms with Crippen molar-refractivity contribution in [2.75, 3.05) is 18.5 Å². The highest BCUT2D eigenvalue weighted by Crippen LogP contribution is 2.33. The fourth-order valence-electron chi connectivity index (χ4n) is 1.85. The van der Waals surface area contributed by atoms with E-state index in [1.165, 1.54) is 12.1 Å². The van der Waals surface area contributed by atoms with E-state index in [1.54, 1.807) is 12.1 Å². The Morgan fingerprint density at radius 3 is 2.42 bits per heavy atom. The van der Waals surface area contributed by atoms with Crippen LogP contribution in [0.4, 0.5) is 10.1 Å². The molecule has 1 unspecified atom stereocenters. The minimum Gasteiger partial charge on any atom is -0.451 e. The van der Waals surface area contributed by atoms with Crippen molar-refractivity contribution in [3.05, 3.63) is 51.1 Å². The molecule has 1 aromatic carbocycles. The molecule has 1 aromatic heterocycles. The molecule has 3 nitrogen and oxygen atoms in total. The molecule has 102 valence electrons. The first-order valence-electron chi connectivity index (χ1n) is 5.66. The highest BCUT2D eigenvalue weighted by atomic mass is 79.9. The van der Waals surface area contributed by atoms with Crippen molar-refractivity contribution < 1.29 is 8.81 Å². The third-order valence-corrected chi connectivity index (χ3v) is 4.63. The normalized spacial score (nSPS) is 12.5. The van der Waals surface area contributed by atoms with E-state index < -0.39 is 0 Å². The molecule has 2 aromatic rings. The number of hydrogen-bond donors (Lipinski definition) is 1. The molecule has 1 heterocycles. The molecule has 0 fully saturated rings. The summed E-state index contributed by atoms with van der Waals surface area (Å²) in [6, 6.07) is 8.03. The van der Waals surface area contributed by atoms with Crippen LogP contribution in [0, 0.1) is 5.82 Å². The average Bonchev–Trinajstić information content (AvgIpc) is 2.71. The van der Waals surface area contributed by atoms with E-state index in [9.17, 15) is 4.39 Å². The summed E-state index contributed by atoms with van der Waals surface area (Å²) in [6.07, 6.45) is 0. The Morgan fingerprint density at radius 2 is 1.95 bits per heavy atom. The number of nitrogens with zero attached hydrogens (tertiary/aromatic N) is 1. The Hall–Kier alpha value is -0.850. The van der Waals surface area contributed by atoms with E-state index in [1.807, 2.05) is 18.0 Å². The summed E-state index contributed by atoms with van der Waals surface area (Å²) in [5.41, 5.74) is 6.70. The van der Waals surface area contributed by atoms with Gasteiger partial charge in [-0.1, -0.05) is 0 Å². The molecule has 1 atom stereocenters. The summed E-state index contributed by atoms with van der Waals surface area (Å²) in [5, 5.41) is 0. The van der Waals surface area contributed by atoms with Gasteiger partial charge in [0.25, 0.3) is 0 Å². The topological polar surface area (TPSA) is 42.4 Å². The van der Waals surface area contributed by atoms with E-state index in [2.05, 4.69) is 31.9 Å². The number of likely N-dealkylation sites (N-methyl/N-ethyl adjacent to an activating group) is 1. The molecule has 0 bridgehead atoms. The molecule has 2 rings (SSSR count). The van der Waals surface area contributed by atoms with Gasteiger partial charge in [0.15, 0.2) is 4.67 Å². The van der Waals surface area contributed by atoms with Crippen LogP contribution in [0.15, 0.2) is 43.9 Å². The molecule has 19 heavy (non-hydrogen) atoms. The maximum Gasteiger partial charge on any atom is 0.183 e. The van der Waals surface area contributed by atoms with Crippen LogP contribution in [0.25, 0.3) is 0 Å². The number of nitrogens with two attached hydrogens (primary N) is 1. The third kappa shape index (κ3) is 3.19. The lowest BCUT2D eigenvalue weighted by molar-refractivity contribution is 0.443. The molecule has 0 aliphatic rings. The number of hydrogen-bond acceptors (Lipinski definition) is 3. The SMILES string of the molecule is CN(c1ccc(F)cc1)C(CN)c1cc(Br)c(Br)o1. The zero-order chi connectivity index (χ0) is 14.0. The first-order chi connectivity index (χ1) is 9.02. The largest absolute Gasteiger partial charge is 0.451 e. The van der Waals surface area contributed by atoms with Crippen molar-refractivity contribution in [2.45, 2.75) is 6.04 Å². The predicted octanol–water partition coefficient (Wildman–Crippen LogP) is 4.08. The average molecular weight is 392 g/mol. The maximum atomic E-state index is 12.9. The molecule has 0 spiro atoms. The first-order valence-corrected chi connectivity index (χ1v) is 7.24. The Morgan fingerprint density at radius 1 is 1.32 bits per heavy atom. The second-order valence-corrected chi connectivity index (χ2v) is 5.68. The lowest BCUT2D eigenvalue weighted by Crippen LogP contribution is -2.30. The summed E-state index contributed by atoms with van der Waals surface area (Å²) < 4.78 is 20.0. The minimum absolute atomic E-state index is 0.118. The van der Waals surface area contributed by atoms with Gasteiger partial charge >= 0.3 is 0 Å². The summed E-state index contributed by atoms with van der Waals surface area (Å²) in [4.78, 5) is 1.96. The van der Waals surface area contributed by atoms with Gasteiger partial charge in [0.2, 0.25) is 0 Å². The first kappa shape index (κ1) is 14.6. The van der Waals surface area contributed by atoms with Gasteiger partial charge < -0.3 is 15.1 Å². The van der Waals surface area contributed by atoms with Crippen LogP contribution in [-0.2, 0) is 0 Å². The molecule has 6 heteroatoms. The lowest BCUT2D eigenvalue weighted by Gasteiger charge is -2.27. The van der Waals surface area contributed by atoms with Gasteiger partial charge in [-0.25, -0.2) is 4.39 Å². The number of furan rings is 1. The molecule has 0 saturated heterocycles. The Labute approximate surface area is 127 Å². The van der Waals surface area contributed by atoms with Crippen LogP contribution in [0.2, 0.25) is 0 Å². The predicted molar refractivity (Wildman–Crippen MR) is 80.7 cm³/mol. The Bertz CT molecular complexity index is 537. The third-order valence-electron chi connectivity index (χ3n) is 2.92. The standard InChI is InChI=1S/C13H13Br2FN2O/c1-18(9-4-2-8(16)3-5-9)11(7-17)12-6-10(14)13(15)19-12/h2-6,11H,7,17H2,1H3. The number of benzene rings is 1. The van der Waals surface area contributed by atoms with E-state index in [0.717, 1.165) is 15.9 Å². The molecule has 0 amide bonds. The van der Waals surface area contributed by atoms with Gasteiger partial charge in [-0.05, 0) is 62.2 Å². The molecular weight excluding hydrogens is 379 g/mol. The van der Waals surface area contributed by atoms with Gasteiger partial charge in [0.05, 0.1) is 10.5 Å². The van der Waals surface area contributed by atoms with Crippen molar-refractivity contribution in [2.24, 2.45) is 5.73 Å². The van der Waals surface area contributed by atoms with Gasteiger partial charge in [0, 0.05) is 19.3 Å². The van der Waals surface area contributed by atoms with Gasteiger partial charge in [-0.15, -0.1) is 0 Å². The van der Waals surface area contributed by atoms with Crippen molar-refractivity contribution in [1.82, 2.24) is 0 Å². The zero-order valence-electron chi connectivity index (χ0n) is 10.2. The number of halogens is 3. The van der Waals surface area contributed by atoms with Crippen molar-refractivity contribution in [3.63, 3.8) is 0 Å². The summed E-state index contributed by atoms with van der Waals surface area (Å²) in [7, 11) is 1.90. The van der Waals surface area contributed by atoms with Crippen LogP contribution in [0.3, 0.4) is 0 Å². The fraction of sp³-hybridized carbons (Fsp3) is 0.231. The smallest absolute Gasteiger partial charge is 0.183 e. The number of rotatable bonds is 4. The van der Waals surface area contributed by atoms with Crippen LogP contribution >= 0.6 is 31.9 Å². The van der Waals surface area contributed by atoms with Crippen molar-refractivity contribution in [3.8, 4) is 0 Å². The monoisotopic (exact) mass is 390 g/mol. The minimum atomic E-state index is -0.259. The van der Waals surface area contributed by atoms with Crippen LogP contribution in [0.1, 0.15) is 11.8 Å². The molecule has 2 N–H and O–H groups in total. The summed E-state index contributed by atoms with van der Waals surface area (Å²) in [6.45, 7) is 0.389. The molecule has 0 aliphatic heterocycles. The Kier molecular flexibility index (Phi) is 4.65. The molecule has 0 aliphatic carbocycles. The lowest BCUT2D eigenvalue weighted by atomic mass is 10.1. The van der Waals surface area contributed by atoms with Gasteiger partial charge in [-0.3, -0.25) is 0 Å². The van der Waals surface area contributed by atoms with E-state index in [4.69, 9.17) is 10.2 Å². The van der Waals surface area contributed by atoms with E-state index >= 15 is 0 Å². The quantitative estimate of drug-likeness (QED) is 0.853. The van der Waals surface area contributed by atoms with Crippen LogP contribution < -0.4 is 10.6 Å². The second kappa shape index (κ2) is 6.07. The Balaban J connectivity index is 2.28. The zero-order valence-corrected chi connectivity index (χ0v) is 13.4. The molecular formula is C13H13Br2FN2O. The number of anilines is 1. The van der Waals surface area contributed by atoms with Crippen LogP contribution in [0.5, 0.6) is 0 Å². The second-order valence-electron chi connectivity index (χ2n) is 4.11. The van der Waals surface area contributed by atoms with Crippen molar-refractivity contribution in [1.29, 1.82) is 0 Å². The van der Waals surface area contributed by atoms with Crippen LogP contribution in [-0.4, -0.2) is 13.6 Å². The molecule has 0 saturated carbocycles. The fourth-order valence-corrected chi connectivity index (χ4v) is 2.46. The van der Waals surface area contributed by atoms with Gasteiger partial charge in [0.1, 0.15) is 11.6 Å². The van der Waals surface area contributed by atoms with E-state index in [-0.39, 0.29) is 11.9 Å². The maximum absolute atomic E-state index is 12.9. The summed E-state index contributed by atoms with van der Waals surface area (Å²) >= 11 is 6.68.